The Morgan fingerprint density at radius 1 is 1.13 bits per heavy atom. The van der Waals surface area contributed by atoms with Crippen molar-refractivity contribution in [3.63, 3.8) is 0 Å². The maximum atomic E-state index is 4.65. The van der Waals surface area contributed by atoms with Gasteiger partial charge in [0, 0.05) is 45.9 Å². The van der Waals surface area contributed by atoms with E-state index in [0.717, 1.165) is 56.1 Å². The summed E-state index contributed by atoms with van der Waals surface area (Å²) in [4.78, 5) is 12.7. The molecule has 0 atom stereocenters. The molecule has 0 saturated heterocycles. The highest BCUT2D eigenvalue weighted by atomic mass is 32.1. The number of rotatable bonds is 8. The van der Waals surface area contributed by atoms with Gasteiger partial charge in [-0.2, -0.15) is 16.4 Å². The first-order valence-corrected chi connectivity index (χ1v) is 13.9. The Balaban J connectivity index is 1.33. The summed E-state index contributed by atoms with van der Waals surface area (Å²) in [6, 6.07) is 8.54. The van der Waals surface area contributed by atoms with Crippen LogP contribution in [0.15, 0.2) is 84.6 Å². The molecule has 6 rings (SSSR count). The first kappa shape index (κ1) is 24.1. The van der Waals surface area contributed by atoms with Crippen LogP contribution in [0.3, 0.4) is 0 Å². The van der Waals surface area contributed by atoms with E-state index in [1.807, 2.05) is 24.7 Å². The SMILES string of the molecule is C=C/C=C(/c1ccsc1)c1cc(-c2[nH]nc3ncc(-c4cncc(NC(=C)C5CCCC5)c4)cc23)[nH]c1C. The average molecular weight is 519 g/mol. The monoisotopic (exact) mass is 518 g/mol. The summed E-state index contributed by atoms with van der Waals surface area (Å²) in [5.41, 5.74) is 11.1. The third-order valence-corrected chi connectivity index (χ3v) is 8.01. The number of anilines is 1. The molecule has 3 N–H and O–H groups in total. The van der Waals surface area contributed by atoms with E-state index >= 15 is 0 Å². The van der Waals surface area contributed by atoms with E-state index in [1.54, 1.807) is 11.3 Å². The predicted octanol–water partition coefficient (Wildman–Crippen LogP) is 8.12. The van der Waals surface area contributed by atoms with E-state index in [9.17, 15) is 0 Å². The smallest absolute Gasteiger partial charge is 0.181 e. The Labute approximate surface area is 226 Å². The van der Waals surface area contributed by atoms with Gasteiger partial charge in [0.05, 0.1) is 23.3 Å². The largest absolute Gasteiger partial charge is 0.358 e. The van der Waals surface area contributed by atoms with Crippen molar-refractivity contribution in [2.45, 2.75) is 32.6 Å². The summed E-state index contributed by atoms with van der Waals surface area (Å²) in [5.74, 6) is 0.542. The van der Waals surface area contributed by atoms with Gasteiger partial charge in [0.2, 0.25) is 0 Å². The molecule has 0 bridgehead atoms. The third kappa shape index (κ3) is 4.61. The molecule has 38 heavy (non-hydrogen) atoms. The lowest BCUT2D eigenvalue weighted by Gasteiger charge is -2.15. The van der Waals surface area contributed by atoms with Gasteiger partial charge < -0.3 is 10.3 Å². The molecule has 5 aromatic heterocycles. The topological polar surface area (TPSA) is 82.3 Å². The first-order valence-electron chi connectivity index (χ1n) is 12.9. The Morgan fingerprint density at radius 2 is 1.97 bits per heavy atom. The van der Waals surface area contributed by atoms with E-state index in [2.05, 4.69) is 91.6 Å². The van der Waals surface area contributed by atoms with Gasteiger partial charge in [-0.05, 0) is 71.8 Å². The van der Waals surface area contributed by atoms with Gasteiger partial charge in [-0.1, -0.05) is 38.2 Å². The number of hydrogen-bond donors (Lipinski definition) is 3. The molecule has 0 radical (unpaired) electrons. The van der Waals surface area contributed by atoms with Crippen molar-refractivity contribution in [3.05, 3.63) is 101 Å². The Morgan fingerprint density at radius 3 is 2.76 bits per heavy atom. The fourth-order valence-corrected chi connectivity index (χ4v) is 6.00. The van der Waals surface area contributed by atoms with Gasteiger partial charge in [-0.25, -0.2) is 4.98 Å². The van der Waals surface area contributed by atoms with Crippen LogP contribution in [-0.2, 0) is 0 Å². The van der Waals surface area contributed by atoms with Crippen LogP contribution in [0.4, 0.5) is 5.69 Å². The molecule has 1 aliphatic rings. The minimum absolute atomic E-state index is 0.542. The third-order valence-electron chi connectivity index (χ3n) is 7.33. The van der Waals surface area contributed by atoms with Crippen LogP contribution in [0.5, 0.6) is 0 Å². The van der Waals surface area contributed by atoms with Crippen LogP contribution in [0.25, 0.3) is 39.1 Å². The van der Waals surface area contributed by atoms with Crippen molar-refractivity contribution in [3.8, 4) is 22.5 Å². The summed E-state index contributed by atoms with van der Waals surface area (Å²) in [6.45, 7) is 10.3. The maximum Gasteiger partial charge on any atom is 0.181 e. The number of nitrogens with zero attached hydrogens (tertiary/aromatic N) is 3. The molecular weight excluding hydrogens is 488 g/mol. The number of allylic oxidation sites excluding steroid dienone is 3. The number of hydrogen-bond acceptors (Lipinski definition) is 5. The predicted molar refractivity (Wildman–Crippen MR) is 158 cm³/mol. The number of aryl methyl sites for hydroxylation is 1. The van der Waals surface area contributed by atoms with E-state index in [1.165, 1.54) is 31.2 Å². The van der Waals surface area contributed by atoms with Crippen molar-refractivity contribution in [2.24, 2.45) is 5.92 Å². The molecule has 0 unspecified atom stereocenters. The highest BCUT2D eigenvalue weighted by Gasteiger charge is 2.19. The number of fused-ring (bicyclic) bond motifs is 1. The van der Waals surface area contributed by atoms with Gasteiger partial charge in [0.1, 0.15) is 0 Å². The van der Waals surface area contributed by atoms with Crippen molar-refractivity contribution in [1.29, 1.82) is 0 Å². The highest BCUT2D eigenvalue weighted by molar-refractivity contribution is 7.08. The molecule has 0 spiro atoms. The molecule has 5 aromatic rings. The first-order chi connectivity index (χ1) is 18.6. The average Bonchev–Trinajstić information content (AvgIpc) is 3.74. The van der Waals surface area contributed by atoms with E-state index in [4.69, 9.17) is 0 Å². The van der Waals surface area contributed by atoms with Crippen molar-refractivity contribution < 1.29 is 0 Å². The molecular formula is C31H30N6S. The zero-order chi connectivity index (χ0) is 26.1. The summed E-state index contributed by atoms with van der Waals surface area (Å²) < 4.78 is 0. The second kappa shape index (κ2) is 10.3. The summed E-state index contributed by atoms with van der Waals surface area (Å²) in [7, 11) is 0. The van der Waals surface area contributed by atoms with Gasteiger partial charge >= 0.3 is 0 Å². The van der Waals surface area contributed by atoms with E-state index in [0.29, 0.717) is 11.6 Å². The minimum atomic E-state index is 0.542. The maximum absolute atomic E-state index is 4.65. The number of aromatic amines is 2. The van der Waals surface area contributed by atoms with Crippen molar-refractivity contribution in [2.75, 3.05) is 5.32 Å². The lowest BCUT2D eigenvalue weighted by atomic mass is 10.00. The second-order valence-corrected chi connectivity index (χ2v) is 10.6. The molecule has 0 aromatic carbocycles. The van der Waals surface area contributed by atoms with Crippen molar-refractivity contribution in [1.82, 2.24) is 25.1 Å². The van der Waals surface area contributed by atoms with Gasteiger partial charge in [0.25, 0.3) is 0 Å². The van der Waals surface area contributed by atoms with E-state index < -0.39 is 0 Å². The zero-order valence-electron chi connectivity index (χ0n) is 21.4. The molecule has 5 heterocycles. The Kier molecular flexibility index (Phi) is 6.52. The Hall–Kier alpha value is -4.23. The molecule has 190 valence electrons. The zero-order valence-corrected chi connectivity index (χ0v) is 22.2. The van der Waals surface area contributed by atoms with Gasteiger partial charge in [0.15, 0.2) is 5.65 Å². The van der Waals surface area contributed by atoms with Gasteiger partial charge in [-0.3, -0.25) is 10.1 Å². The number of aromatic nitrogens is 5. The number of pyridine rings is 2. The van der Waals surface area contributed by atoms with Crippen LogP contribution in [-0.4, -0.2) is 25.1 Å². The normalized spacial score (nSPS) is 14.3. The standard InChI is InChI=1S/C31H30N6S/c1-4-7-26(22-10-11-38-18-22)27-14-29(35-20(27)3)30-28-13-24(16-33-31(28)37-36-30)23-12-25(17-32-15-23)34-19(2)21-8-5-6-9-21/h4,7,10-18,21,34-35H,1-2,5-6,8-9H2,3H3,(H,33,36,37)/b26-7-. The van der Waals surface area contributed by atoms with E-state index in [-0.39, 0.29) is 0 Å². The van der Waals surface area contributed by atoms with Crippen LogP contribution >= 0.6 is 11.3 Å². The fourth-order valence-electron chi connectivity index (χ4n) is 5.34. The summed E-state index contributed by atoms with van der Waals surface area (Å²) >= 11 is 1.69. The fraction of sp³-hybridized carbons (Fsp3) is 0.194. The van der Waals surface area contributed by atoms with Crippen LogP contribution in [0.2, 0.25) is 0 Å². The minimum Gasteiger partial charge on any atom is -0.358 e. The van der Waals surface area contributed by atoms with Crippen LogP contribution < -0.4 is 5.32 Å². The summed E-state index contributed by atoms with van der Waals surface area (Å²) in [5, 5.41) is 16.4. The Bertz CT molecular complexity index is 1650. The quantitative estimate of drug-likeness (QED) is 0.181. The van der Waals surface area contributed by atoms with Crippen molar-refractivity contribution >= 4 is 33.6 Å². The lowest BCUT2D eigenvalue weighted by Crippen LogP contribution is -2.07. The molecule has 6 nitrogen and oxygen atoms in total. The second-order valence-electron chi connectivity index (χ2n) is 9.84. The lowest BCUT2D eigenvalue weighted by molar-refractivity contribution is 0.649. The molecule has 0 aliphatic heterocycles. The highest BCUT2D eigenvalue weighted by Crippen LogP contribution is 2.35. The molecule has 1 aliphatic carbocycles. The van der Waals surface area contributed by atoms with Crippen LogP contribution in [0.1, 0.15) is 42.5 Å². The molecule has 1 fully saturated rings. The molecule has 1 saturated carbocycles. The summed E-state index contributed by atoms with van der Waals surface area (Å²) in [6.07, 6.45) is 14.4. The van der Waals surface area contributed by atoms with Crippen LogP contribution in [0, 0.1) is 12.8 Å². The number of nitrogens with one attached hydrogen (secondary N) is 3. The molecule has 0 amide bonds. The van der Waals surface area contributed by atoms with Gasteiger partial charge in [-0.15, -0.1) is 0 Å². The number of thiophene rings is 1. The number of H-pyrrole nitrogens is 2. The molecule has 7 heteroatoms.